The van der Waals surface area contributed by atoms with Crippen molar-refractivity contribution < 1.29 is 0 Å². The summed E-state index contributed by atoms with van der Waals surface area (Å²) in [6.07, 6.45) is 1.91. The maximum Gasteiger partial charge on any atom is 0.103 e. The Bertz CT molecular complexity index is 214. The molecule has 0 radical (unpaired) electrons. The molecule has 1 rings (SSSR count). The first-order valence-corrected chi connectivity index (χ1v) is 4.20. The standard InChI is InChI=1S/C9H17N3/c1-9(2,7-10-3)12-8-5-4-6-11-8/h4-6,10-12H,7H2,1-3H3. The smallest absolute Gasteiger partial charge is 0.103 e. The van der Waals surface area contributed by atoms with E-state index in [1.54, 1.807) is 0 Å². The molecule has 0 bridgehead atoms. The molecule has 0 fully saturated rings. The fourth-order valence-electron chi connectivity index (χ4n) is 1.26. The summed E-state index contributed by atoms with van der Waals surface area (Å²) in [5.74, 6) is 1.07. The van der Waals surface area contributed by atoms with E-state index in [1.165, 1.54) is 0 Å². The highest BCUT2D eigenvalue weighted by Crippen LogP contribution is 2.10. The minimum atomic E-state index is 0.0829. The molecule has 0 atom stereocenters. The van der Waals surface area contributed by atoms with Crippen LogP contribution < -0.4 is 10.6 Å². The second-order valence-corrected chi connectivity index (χ2v) is 3.62. The average molecular weight is 167 g/mol. The molecule has 0 aliphatic heterocycles. The molecule has 1 aromatic heterocycles. The maximum atomic E-state index is 3.38. The lowest BCUT2D eigenvalue weighted by Gasteiger charge is -2.26. The first-order chi connectivity index (χ1) is 5.64. The molecule has 0 saturated carbocycles. The largest absolute Gasteiger partial charge is 0.365 e. The predicted octanol–water partition coefficient (Wildman–Crippen LogP) is 1.42. The molecule has 0 amide bonds. The fourth-order valence-corrected chi connectivity index (χ4v) is 1.26. The molecule has 0 aliphatic rings. The van der Waals surface area contributed by atoms with Crippen LogP contribution in [0.5, 0.6) is 0 Å². The summed E-state index contributed by atoms with van der Waals surface area (Å²) in [4.78, 5) is 3.11. The van der Waals surface area contributed by atoms with Crippen molar-refractivity contribution >= 4 is 5.82 Å². The fraction of sp³-hybridized carbons (Fsp3) is 0.556. The van der Waals surface area contributed by atoms with Gasteiger partial charge in [-0.25, -0.2) is 0 Å². The summed E-state index contributed by atoms with van der Waals surface area (Å²) in [5.41, 5.74) is 0.0829. The number of anilines is 1. The van der Waals surface area contributed by atoms with Gasteiger partial charge in [0.2, 0.25) is 0 Å². The summed E-state index contributed by atoms with van der Waals surface area (Å²) in [6.45, 7) is 5.25. The van der Waals surface area contributed by atoms with Gasteiger partial charge in [0, 0.05) is 18.3 Å². The van der Waals surface area contributed by atoms with Crippen molar-refractivity contribution in [3.63, 3.8) is 0 Å². The lowest BCUT2D eigenvalue weighted by atomic mass is 10.1. The van der Waals surface area contributed by atoms with Crippen LogP contribution in [-0.4, -0.2) is 24.1 Å². The Morgan fingerprint density at radius 1 is 1.50 bits per heavy atom. The SMILES string of the molecule is CNCC(C)(C)Nc1ccc[nH]1. The van der Waals surface area contributed by atoms with Gasteiger partial charge in [0.05, 0.1) is 0 Å². The van der Waals surface area contributed by atoms with E-state index >= 15 is 0 Å². The monoisotopic (exact) mass is 167 g/mol. The normalized spacial score (nSPS) is 11.6. The van der Waals surface area contributed by atoms with E-state index in [-0.39, 0.29) is 5.54 Å². The zero-order valence-corrected chi connectivity index (χ0v) is 7.94. The highest BCUT2D eigenvalue weighted by atomic mass is 15.1. The lowest BCUT2D eigenvalue weighted by Crippen LogP contribution is -2.40. The van der Waals surface area contributed by atoms with Crippen molar-refractivity contribution in [2.75, 3.05) is 18.9 Å². The molecule has 0 unspecified atom stereocenters. The Morgan fingerprint density at radius 3 is 2.75 bits per heavy atom. The van der Waals surface area contributed by atoms with E-state index in [2.05, 4.69) is 29.5 Å². The number of nitrogens with one attached hydrogen (secondary N) is 3. The number of hydrogen-bond donors (Lipinski definition) is 3. The van der Waals surface area contributed by atoms with Crippen LogP contribution in [0.15, 0.2) is 18.3 Å². The van der Waals surface area contributed by atoms with Crippen molar-refractivity contribution in [3.05, 3.63) is 18.3 Å². The van der Waals surface area contributed by atoms with Crippen molar-refractivity contribution in [1.82, 2.24) is 10.3 Å². The third-order valence-corrected chi connectivity index (χ3v) is 1.69. The molecule has 3 nitrogen and oxygen atoms in total. The Labute approximate surface area is 73.6 Å². The van der Waals surface area contributed by atoms with Crippen molar-refractivity contribution in [1.29, 1.82) is 0 Å². The van der Waals surface area contributed by atoms with Crippen LogP contribution in [0, 0.1) is 0 Å². The number of aromatic amines is 1. The lowest BCUT2D eigenvalue weighted by molar-refractivity contribution is 0.529. The second kappa shape index (κ2) is 3.63. The van der Waals surface area contributed by atoms with Crippen molar-refractivity contribution in [2.24, 2.45) is 0 Å². The van der Waals surface area contributed by atoms with Gasteiger partial charge in [-0.15, -0.1) is 0 Å². The molecule has 3 heteroatoms. The predicted molar refractivity (Wildman–Crippen MR) is 52.4 cm³/mol. The zero-order chi connectivity index (χ0) is 9.03. The molecule has 0 aliphatic carbocycles. The summed E-state index contributed by atoms with van der Waals surface area (Å²) in [7, 11) is 1.96. The third kappa shape index (κ3) is 2.58. The van der Waals surface area contributed by atoms with E-state index in [4.69, 9.17) is 0 Å². The van der Waals surface area contributed by atoms with Gasteiger partial charge in [0.15, 0.2) is 0 Å². The summed E-state index contributed by atoms with van der Waals surface area (Å²) < 4.78 is 0. The van der Waals surface area contributed by atoms with Crippen LogP contribution >= 0.6 is 0 Å². The summed E-state index contributed by atoms with van der Waals surface area (Å²) in [6, 6.07) is 4.01. The van der Waals surface area contributed by atoms with Crippen LogP contribution in [-0.2, 0) is 0 Å². The topological polar surface area (TPSA) is 39.8 Å². The molecule has 0 aromatic carbocycles. The minimum Gasteiger partial charge on any atom is -0.365 e. The number of rotatable bonds is 4. The summed E-state index contributed by atoms with van der Waals surface area (Å²) in [5, 5.41) is 6.53. The number of hydrogen-bond acceptors (Lipinski definition) is 2. The molecule has 3 N–H and O–H groups in total. The molecule has 0 saturated heterocycles. The summed E-state index contributed by atoms with van der Waals surface area (Å²) >= 11 is 0. The Morgan fingerprint density at radius 2 is 2.25 bits per heavy atom. The first-order valence-electron chi connectivity index (χ1n) is 4.20. The van der Waals surface area contributed by atoms with E-state index < -0.39 is 0 Å². The quantitative estimate of drug-likeness (QED) is 0.634. The van der Waals surface area contributed by atoms with Crippen LogP contribution in [0.2, 0.25) is 0 Å². The van der Waals surface area contributed by atoms with Crippen LogP contribution in [0.1, 0.15) is 13.8 Å². The van der Waals surface area contributed by atoms with Crippen LogP contribution in [0.4, 0.5) is 5.82 Å². The van der Waals surface area contributed by atoms with E-state index in [0.29, 0.717) is 0 Å². The Kier molecular flexibility index (Phi) is 2.76. The Hall–Kier alpha value is -0.960. The van der Waals surface area contributed by atoms with E-state index in [1.807, 2.05) is 25.4 Å². The second-order valence-electron chi connectivity index (χ2n) is 3.62. The van der Waals surface area contributed by atoms with Gasteiger partial charge in [-0.1, -0.05) is 0 Å². The first kappa shape index (κ1) is 9.13. The highest BCUT2D eigenvalue weighted by molar-refractivity contribution is 5.37. The van der Waals surface area contributed by atoms with Crippen molar-refractivity contribution in [3.8, 4) is 0 Å². The van der Waals surface area contributed by atoms with Gasteiger partial charge < -0.3 is 15.6 Å². The highest BCUT2D eigenvalue weighted by Gasteiger charge is 2.15. The van der Waals surface area contributed by atoms with E-state index in [0.717, 1.165) is 12.4 Å². The van der Waals surface area contributed by atoms with Gasteiger partial charge in [0.25, 0.3) is 0 Å². The number of aromatic nitrogens is 1. The third-order valence-electron chi connectivity index (χ3n) is 1.69. The molecule has 12 heavy (non-hydrogen) atoms. The van der Waals surface area contributed by atoms with Crippen molar-refractivity contribution in [2.45, 2.75) is 19.4 Å². The van der Waals surface area contributed by atoms with Gasteiger partial charge in [-0.2, -0.15) is 0 Å². The maximum absolute atomic E-state index is 3.38. The molecular weight excluding hydrogens is 150 g/mol. The van der Waals surface area contributed by atoms with Crippen LogP contribution in [0.3, 0.4) is 0 Å². The van der Waals surface area contributed by atoms with Gasteiger partial charge in [-0.05, 0) is 33.0 Å². The molecule has 0 spiro atoms. The van der Waals surface area contributed by atoms with Crippen LogP contribution in [0.25, 0.3) is 0 Å². The average Bonchev–Trinajstić information content (AvgIpc) is 2.38. The number of likely N-dealkylation sites (N-methyl/N-ethyl adjacent to an activating group) is 1. The molecule has 68 valence electrons. The Balaban J connectivity index is 2.50. The molecule has 1 aromatic rings. The zero-order valence-electron chi connectivity index (χ0n) is 7.94. The number of H-pyrrole nitrogens is 1. The molecule has 1 heterocycles. The van der Waals surface area contributed by atoms with Gasteiger partial charge in [-0.3, -0.25) is 0 Å². The van der Waals surface area contributed by atoms with Gasteiger partial charge >= 0.3 is 0 Å². The van der Waals surface area contributed by atoms with E-state index in [9.17, 15) is 0 Å². The minimum absolute atomic E-state index is 0.0829. The van der Waals surface area contributed by atoms with Gasteiger partial charge in [0.1, 0.15) is 5.82 Å². The molecular formula is C9H17N3.